The van der Waals surface area contributed by atoms with E-state index in [2.05, 4.69) is 9.97 Å². The third-order valence-electron chi connectivity index (χ3n) is 3.45. The van der Waals surface area contributed by atoms with Crippen molar-refractivity contribution in [3.05, 3.63) is 36.8 Å². The van der Waals surface area contributed by atoms with E-state index in [-0.39, 0.29) is 0 Å². The van der Waals surface area contributed by atoms with Crippen molar-refractivity contribution in [3.63, 3.8) is 0 Å². The van der Waals surface area contributed by atoms with E-state index in [1.165, 1.54) is 0 Å². The van der Waals surface area contributed by atoms with E-state index in [1.807, 2.05) is 30.6 Å². The van der Waals surface area contributed by atoms with Gasteiger partial charge in [0.15, 0.2) is 11.5 Å². The summed E-state index contributed by atoms with van der Waals surface area (Å²) in [7, 11) is 4.81. The number of nitrogens with zero attached hydrogens (tertiary/aromatic N) is 1. The van der Waals surface area contributed by atoms with Crippen LogP contribution in [0.3, 0.4) is 0 Å². The van der Waals surface area contributed by atoms with Crippen molar-refractivity contribution in [2.24, 2.45) is 0 Å². The standard InChI is InChI=1S/C16H16N2O3/c1-19-14-6-10(7-15(20-2)16(14)21-3)12-8-17-9-13-11(12)4-5-18-13/h4-9,18H,1-3H3. The maximum Gasteiger partial charge on any atom is 0.203 e. The molecule has 108 valence electrons. The summed E-state index contributed by atoms with van der Waals surface area (Å²) >= 11 is 0. The monoisotopic (exact) mass is 284 g/mol. The fraction of sp³-hybridized carbons (Fsp3) is 0.188. The number of ether oxygens (including phenoxy) is 3. The SMILES string of the molecule is COc1cc(-c2cncc3[nH]ccc23)cc(OC)c1OC. The summed E-state index contributed by atoms with van der Waals surface area (Å²) in [5.41, 5.74) is 2.96. The summed E-state index contributed by atoms with van der Waals surface area (Å²) in [6, 6.07) is 5.87. The number of aromatic amines is 1. The molecule has 0 saturated carbocycles. The molecule has 3 aromatic rings. The Morgan fingerprint density at radius 3 is 2.29 bits per heavy atom. The van der Waals surface area contributed by atoms with Gasteiger partial charge in [-0.2, -0.15) is 0 Å². The Morgan fingerprint density at radius 2 is 1.67 bits per heavy atom. The van der Waals surface area contributed by atoms with Crippen molar-refractivity contribution >= 4 is 10.9 Å². The molecule has 5 nitrogen and oxygen atoms in total. The fourth-order valence-electron chi connectivity index (χ4n) is 2.45. The van der Waals surface area contributed by atoms with Gasteiger partial charge in [0.25, 0.3) is 0 Å². The average Bonchev–Trinajstić information content (AvgIpc) is 3.01. The predicted molar refractivity (Wildman–Crippen MR) is 81.2 cm³/mol. The average molecular weight is 284 g/mol. The second-order valence-electron chi connectivity index (χ2n) is 4.54. The van der Waals surface area contributed by atoms with Crippen LogP contribution in [0, 0.1) is 0 Å². The Morgan fingerprint density at radius 1 is 0.952 bits per heavy atom. The van der Waals surface area contributed by atoms with Crippen LogP contribution in [0.25, 0.3) is 22.0 Å². The Kier molecular flexibility index (Phi) is 3.39. The second-order valence-corrected chi connectivity index (χ2v) is 4.54. The third kappa shape index (κ3) is 2.16. The molecule has 0 amide bonds. The number of fused-ring (bicyclic) bond motifs is 1. The fourth-order valence-corrected chi connectivity index (χ4v) is 2.45. The number of pyridine rings is 1. The minimum absolute atomic E-state index is 0.581. The van der Waals surface area contributed by atoms with Gasteiger partial charge >= 0.3 is 0 Å². The van der Waals surface area contributed by atoms with Crippen LogP contribution in [-0.4, -0.2) is 31.3 Å². The van der Waals surface area contributed by atoms with Crippen LogP contribution in [0.5, 0.6) is 17.2 Å². The van der Waals surface area contributed by atoms with Crippen molar-refractivity contribution < 1.29 is 14.2 Å². The third-order valence-corrected chi connectivity index (χ3v) is 3.45. The number of hydrogen-bond donors (Lipinski definition) is 1. The minimum Gasteiger partial charge on any atom is -0.493 e. The first-order chi connectivity index (χ1) is 10.3. The second kappa shape index (κ2) is 5.36. The minimum atomic E-state index is 0.581. The summed E-state index contributed by atoms with van der Waals surface area (Å²) in [5, 5.41) is 1.10. The number of aromatic nitrogens is 2. The molecule has 0 aliphatic carbocycles. The molecule has 2 heterocycles. The van der Waals surface area contributed by atoms with E-state index < -0.39 is 0 Å². The van der Waals surface area contributed by atoms with Crippen LogP contribution in [0.2, 0.25) is 0 Å². The summed E-state index contributed by atoms with van der Waals surface area (Å²) in [4.78, 5) is 7.43. The lowest BCUT2D eigenvalue weighted by atomic mass is 10.0. The van der Waals surface area contributed by atoms with Crippen LogP contribution in [0.4, 0.5) is 0 Å². The van der Waals surface area contributed by atoms with Gasteiger partial charge in [-0.25, -0.2) is 0 Å². The zero-order chi connectivity index (χ0) is 14.8. The van der Waals surface area contributed by atoms with Crippen LogP contribution in [0.1, 0.15) is 0 Å². The number of methoxy groups -OCH3 is 3. The molecule has 1 N–H and O–H groups in total. The molecule has 0 unspecified atom stereocenters. The van der Waals surface area contributed by atoms with Gasteiger partial charge in [-0.1, -0.05) is 0 Å². The van der Waals surface area contributed by atoms with Gasteiger partial charge in [0.05, 0.1) is 33.0 Å². The quantitative estimate of drug-likeness (QED) is 0.799. The molecule has 0 spiro atoms. The van der Waals surface area contributed by atoms with Crippen molar-refractivity contribution in [3.8, 4) is 28.4 Å². The van der Waals surface area contributed by atoms with Crippen LogP contribution in [-0.2, 0) is 0 Å². The van der Waals surface area contributed by atoms with Gasteiger partial charge in [-0.05, 0) is 23.8 Å². The summed E-state index contributed by atoms with van der Waals surface area (Å²) in [6.07, 6.45) is 5.53. The number of H-pyrrole nitrogens is 1. The van der Waals surface area contributed by atoms with Gasteiger partial charge in [0.1, 0.15) is 0 Å². The topological polar surface area (TPSA) is 56.4 Å². The molecule has 0 saturated heterocycles. The summed E-state index contributed by atoms with van der Waals surface area (Å²) in [6.45, 7) is 0. The molecule has 3 rings (SSSR count). The van der Waals surface area contributed by atoms with Crippen molar-refractivity contribution in [2.45, 2.75) is 0 Å². The molecule has 2 aromatic heterocycles. The highest BCUT2D eigenvalue weighted by atomic mass is 16.5. The lowest BCUT2D eigenvalue weighted by molar-refractivity contribution is 0.324. The Labute approximate surface area is 122 Å². The number of nitrogens with one attached hydrogen (secondary N) is 1. The molecule has 0 aliphatic heterocycles. The van der Waals surface area contributed by atoms with E-state index in [0.717, 1.165) is 22.0 Å². The van der Waals surface area contributed by atoms with Gasteiger partial charge in [-0.3, -0.25) is 4.98 Å². The van der Waals surface area contributed by atoms with Crippen molar-refractivity contribution in [2.75, 3.05) is 21.3 Å². The van der Waals surface area contributed by atoms with Crippen LogP contribution >= 0.6 is 0 Å². The van der Waals surface area contributed by atoms with E-state index in [9.17, 15) is 0 Å². The highest BCUT2D eigenvalue weighted by molar-refractivity contribution is 5.94. The number of benzene rings is 1. The smallest absolute Gasteiger partial charge is 0.203 e. The number of hydrogen-bond acceptors (Lipinski definition) is 4. The van der Waals surface area contributed by atoms with Gasteiger partial charge in [-0.15, -0.1) is 0 Å². The first-order valence-corrected chi connectivity index (χ1v) is 6.50. The first-order valence-electron chi connectivity index (χ1n) is 6.50. The van der Waals surface area contributed by atoms with Crippen molar-refractivity contribution in [1.29, 1.82) is 0 Å². The van der Waals surface area contributed by atoms with Gasteiger partial charge < -0.3 is 19.2 Å². The first kappa shape index (κ1) is 13.3. The number of rotatable bonds is 4. The molecular formula is C16H16N2O3. The molecule has 21 heavy (non-hydrogen) atoms. The molecular weight excluding hydrogens is 268 g/mol. The van der Waals surface area contributed by atoms with E-state index >= 15 is 0 Å². The molecule has 0 atom stereocenters. The Bertz CT molecular complexity index is 755. The zero-order valence-corrected chi connectivity index (χ0v) is 12.1. The van der Waals surface area contributed by atoms with Gasteiger partial charge in [0.2, 0.25) is 5.75 Å². The largest absolute Gasteiger partial charge is 0.493 e. The molecule has 0 aliphatic rings. The lowest BCUT2D eigenvalue weighted by Crippen LogP contribution is -1.96. The van der Waals surface area contributed by atoms with E-state index in [0.29, 0.717) is 17.2 Å². The lowest BCUT2D eigenvalue weighted by Gasteiger charge is -2.14. The predicted octanol–water partition coefficient (Wildman–Crippen LogP) is 3.26. The zero-order valence-electron chi connectivity index (χ0n) is 12.1. The van der Waals surface area contributed by atoms with Gasteiger partial charge in [0, 0.05) is 23.3 Å². The van der Waals surface area contributed by atoms with Crippen LogP contribution < -0.4 is 14.2 Å². The normalized spacial score (nSPS) is 10.6. The maximum absolute atomic E-state index is 5.40. The highest BCUT2D eigenvalue weighted by Crippen LogP contribution is 2.42. The van der Waals surface area contributed by atoms with E-state index in [1.54, 1.807) is 27.5 Å². The molecule has 0 radical (unpaired) electrons. The highest BCUT2D eigenvalue weighted by Gasteiger charge is 2.15. The molecule has 5 heteroatoms. The summed E-state index contributed by atoms with van der Waals surface area (Å²) in [5.74, 6) is 1.83. The summed E-state index contributed by atoms with van der Waals surface area (Å²) < 4.78 is 16.2. The van der Waals surface area contributed by atoms with Crippen LogP contribution in [0.15, 0.2) is 36.8 Å². The maximum atomic E-state index is 5.40. The Hall–Kier alpha value is -2.69. The van der Waals surface area contributed by atoms with Crippen molar-refractivity contribution in [1.82, 2.24) is 9.97 Å². The molecule has 0 bridgehead atoms. The van der Waals surface area contributed by atoms with E-state index in [4.69, 9.17) is 14.2 Å². The Balaban J connectivity index is 2.25. The molecule has 0 fully saturated rings. The molecule has 1 aromatic carbocycles.